The summed E-state index contributed by atoms with van der Waals surface area (Å²) in [5, 5.41) is 0. The average molecular weight is 282 g/mol. The number of cyclic esters (lactones) is 1. The minimum absolute atomic E-state index is 0.0122. The van der Waals surface area contributed by atoms with Crippen molar-refractivity contribution in [2.75, 3.05) is 13.2 Å². The Hall–Kier alpha value is -0.830. The largest absolute Gasteiger partial charge is 0.465 e. The fourth-order valence-corrected chi connectivity index (χ4v) is 2.34. The van der Waals surface area contributed by atoms with Crippen molar-refractivity contribution < 1.29 is 14.3 Å². The van der Waals surface area contributed by atoms with Gasteiger partial charge >= 0.3 is 5.97 Å². The SMILES string of the molecule is CC1C=CCCOC(C)(C)CCCC(C)C(=O)OCC1. The minimum atomic E-state index is -0.108. The van der Waals surface area contributed by atoms with Crippen LogP contribution in [0.3, 0.4) is 0 Å². The number of carbonyl (C=O) groups excluding carboxylic acids is 1. The average Bonchev–Trinajstić information content (AvgIpc) is 2.37. The Kier molecular flexibility index (Phi) is 7.28. The van der Waals surface area contributed by atoms with Gasteiger partial charge in [0.05, 0.1) is 24.7 Å². The molecular formula is C17H30O3. The van der Waals surface area contributed by atoms with Crippen molar-refractivity contribution in [2.45, 2.75) is 65.4 Å². The van der Waals surface area contributed by atoms with Crippen molar-refractivity contribution in [3.8, 4) is 0 Å². The van der Waals surface area contributed by atoms with E-state index >= 15 is 0 Å². The molecule has 0 saturated carbocycles. The standard InChI is InChI=1S/C17H30O3/c1-14-8-5-6-12-20-17(3,4)11-7-9-15(2)16(18)19-13-10-14/h5,8,14-15H,6-7,9-13H2,1-4H3. The molecule has 0 radical (unpaired) electrons. The molecule has 0 aliphatic carbocycles. The van der Waals surface area contributed by atoms with Gasteiger partial charge in [0.25, 0.3) is 0 Å². The van der Waals surface area contributed by atoms with Gasteiger partial charge in [0.1, 0.15) is 0 Å². The third kappa shape index (κ3) is 7.09. The Morgan fingerprint density at radius 1 is 1.20 bits per heavy atom. The Labute approximate surface area is 123 Å². The number of rotatable bonds is 0. The van der Waals surface area contributed by atoms with Crippen molar-refractivity contribution in [1.29, 1.82) is 0 Å². The molecule has 0 spiro atoms. The van der Waals surface area contributed by atoms with Crippen LogP contribution < -0.4 is 0 Å². The summed E-state index contributed by atoms with van der Waals surface area (Å²) in [6.45, 7) is 9.65. The molecule has 0 fully saturated rings. The molecule has 1 aliphatic rings. The summed E-state index contributed by atoms with van der Waals surface area (Å²) in [5.41, 5.74) is -0.108. The molecule has 0 bridgehead atoms. The zero-order valence-electron chi connectivity index (χ0n) is 13.5. The highest BCUT2D eigenvalue weighted by Gasteiger charge is 2.20. The smallest absolute Gasteiger partial charge is 0.308 e. The topological polar surface area (TPSA) is 35.5 Å². The van der Waals surface area contributed by atoms with Gasteiger partial charge in [0.15, 0.2) is 0 Å². The number of ether oxygens (including phenoxy) is 2. The van der Waals surface area contributed by atoms with Crippen LogP contribution in [-0.2, 0) is 14.3 Å². The van der Waals surface area contributed by atoms with E-state index in [0.29, 0.717) is 12.5 Å². The van der Waals surface area contributed by atoms with Gasteiger partial charge in [-0.2, -0.15) is 0 Å². The fourth-order valence-electron chi connectivity index (χ4n) is 2.34. The summed E-state index contributed by atoms with van der Waals surface area (Å²) in [4.78, 5) is 11.8. The first-order valence-electron chi connectivity index (χ1n) is 7.88. The van der Waals surface area contributed by atoms with Crippen molar-refractivity contribution in [2.24, 2.45) is 11.8 Å². The molecule has 116 valence electrons. The highest BCUT2D eigenvalue weighted by Crippen LogP contribution is 2.21. The highest BCUT2D eigenvalue weighted by atomic mass is 16.5. The van der Waals surface area contributed by atoms with E-state index in [1.54, 1.807) is 0 Å². The maximum absolute atomic E-state index is 11.8. The maximum Gasteiger partial charge on any atom is 0.308 e. The van der Waals surface area contributed by atoms with E-state index in [-0.39, 0.29) is 17.5 Å². The molecule has 0 amide bonds. The molecule has 0 saturated heterocycles. The third-order valence-corrected chi connectivity index (χ3v) is 3.88. The lowest BCUT2D eigenvalue weighted by molar-refractivity contribution is -0.148. The summed E-state index contributed by atoms with van der Waals surface area (Å²) in [5.74, 6) is 0.368. The molecule has 1 heterocycles. The van der Waals surface area contributed by atoms with E-state index in [1.165, 1.54) is 0 Å². The Balaban J connectivity index is 2.56. The number of esters is 1. The Bertz CT molecular complexity index is 320. The van der Waals surface area contributed by atoms with Gasteiger partial charge in [0, 0.05) is 0 Å². The predicted octanol–water partition coefficient (Wildman–Crippen LogP) is 4.12. The number of hydrogen-bond acceptors (Lipinski definition) is 3. The minimum Gasteiger partial charge on any atom is -0.465 e. The van der Waals surface area contributed by atoms with Gasteiger partial charge < -0.3 is 9.47 Å². The van der Waals surface area contributed by atoms with E-state index in [0.717, 1.165) is 38.7 Å². The van der Waals surface area contributed by atoms with Crippen LogP contribution in [0.25, 0.3) is 0 Å². The lowest BCUT2D eigenvalue weighted by Crippen LogP contribution is -2.25. The van der Waals surface area contributed by atoms with Crippen LogP contribution in [-0.4, -0.2) is 24.8 Å². The van der Waals surface area contributed by atoms with Crippen LogP contribution in [0.2, 0.25) is 0 Å². The molecule has 3 nitrogen and oxygen atoms in total. The summed E-state index contributed by atoms with van der Waals surface area (Å²) >= 11 is 0. The maximum atomic E-state index is 11.8. The summed E-state index contributed by atoms with van der Waals surface area (Å²) < 4.78 is 11.3. The van der Waals surface area contributed by atoms with Crippen molar-refractivity contribution in [3.05, 3.63) is 12.2 Å². The highest BCUT2D eigenvalue weighted by molar-refractivity contribution is 5.71. The number of carbonyl (C=O) groups is 1. The van der Waals surface area contributed by atoms with E-state index in [2.05, 4.69) is 32.9 Å². The molecule has 1 aliphatic heterocycles. The van der Waals surface area contributed by atoms with E-state index < -0.39 is 0 Å². The fraction of sp³-hybridized carbons (Fsp3) is 0.824. The quantitative estimate of drug-likeness (QED) is 0.495. The van der Waals surface area contributed by atoms with E-state index in [1.807, 2.05) is 6.92 Å². The molecule has 2 atom stereocenters. The molecule has 0 aromatic rings. The molecular weight excluding hydrogens is 252 g/mol. The van der Waals surface area contributed by atoms with Crippen LogP contribution in [0.1, 0.15) is 59.8 Å². The lowest BCUT2D eigenvalue weighted by atomic mass is 9.96. The first-order chi connectivity index (χ1) is 9.41. The zero-order chi connectivity index (χ0) is 15.0. The number of allylic oxidation sites excluding steroid dienone is 1. The van der Waals surface area contributed by atoms with Gasteiger partial charge in [-0.15, -0.1) is 0 Å². The second kappa shape index (κ2) is 8.46. The molecule has 0 aromatic carbocycles. The summed E-state index contributed by atoms with van der Waals surface area (Å²) in [6.07, 6.45) is 9.04. The van der Waals surface area contributed by atoms with Gasteiger partial charge in [-0.1, -0.05) is 26.0 Å². The van der Waals surface area contributed by atoms with E-state index in [4.69, 9.17) is 9.47 Å². The van der Waals surface area contributed by atoms with Crippen LogP contribution in [0.15, 0.2) is 12.2 Å². The molecule has 0 N–H and O–H groups in total. The second-order valence-electron chi connectivity index (χ2n) is 6.55. The molecule has 0 aromatic heterocycles. The second-order valence-corrected chi connectivity index (χ2v) is 6.55. The van der Waals surface area contributed by atoms with Crippen LogP contribution in [0, 0.1) is 11.8 Å². The monoisotopic (exact) mass is 282 g/mol. The van der Waals surface area contributed by atoms with Gasteiger partial charge in [-0.05, 0) is 51.9 Å². The van der Waals surface area contributed by atoms with E-state index in [9.17, 15) is 4.79 Å². The first kappa shape index (κ1) is 17.2. The molecule has 1 rings (SSSR count). The molecule has 3 heteroatoms. The normalized spacial score (nSPS) is 30.1. The van der Waals surface area contributed by atoms with Crippen molar-refractivity contribution >= 4 is 5.97 Å². The third-order valence-electron chi connectivity index (χ3n) is 3.88. The van der Waals surface area contributed by atoms with Crippen LogP contribution in [0.4, 0.5) is 0 Å². The molecule has 2 unspecified atom stereocenters. The Morgan fingerprint density at radius 2 is 1.95 bits per heavy atom. The molecule has 20 heavy (non-hydrogen) atoms. The van der Waals surface area contributed by atoms with Crippen LogP contribution >= 0.6 is 0 Å². The Morgan fingerprint density at radius 3 is 2.70 bits per heavy atom. The predicted molar refractivity (Wildman–Crippen MR) is 81.5 cm³/mol. The van der Waals surface area contributed by atoms with Gasteiger partial charge in [0.2, 0.25) is 0 Å². The van der Waals surface area contributed by atoms with Crippen molar-refractivity contribution in [1.82, 2.24) is 0 Å². The zero-order valence-corrected chi connectivity index (χ0v) is 13.5. The lowest BCUT2D eigenvalue weighted by Gasteiger charge is -2.25. The van der Waals surface area contributed by atoms with Gasteiger partial charge in [-0.3, -0.25) is 4.79 Å². The summed E-state index contributed by atoms with van der Waals surface area (Å²) in [6, 6.07) is 0. The van der Waals surface area contributed by atoms with Crippen LogP contribution in [0.5, 0.6) is 0 Å². The van der Waals surface area contributed by atoms with Gasteiger partial charge in [-0.25, -0.2) is 0 Å². The first-order valence-corrected chi connectivity index (χ1v) is 7.88. The van der Waals surface area contributed by atoms with Crippen molar-refractivity contribution in [3.63, 3.8) is 0 Å². The summed E-state index contributed by atoms with van der Waals surface area (Å²) in [7, 11) is 0. The number of hydrogen-bond donors (Lipinski definition) is 0.